The van der Waals surface area contributed by atoms with Gasteiger partial charge in [-0.25, -0.2) is 9.69 Å². The van der Waals surface area contributed by atoms with E-state index >= 15 is 0 Å². The first kappa shape index (κ1) is 20.0. The average molecular weight is 439 g/mol. The molecule has 0 bridgehead atoms. The van der Waals surface area contributed by atoms with E-state index in [1.807, 2.05) is 0 Å². The third kappa shape index (κ3) is 3.79. The molecule has 4 amide bonds. The van der Waals surface area contributed by atoms with E-state index in [4.69, 9.17) is 16.0 Å². The summed E-state index contributed by atoms with van der Waals surface area (Å²) in [6.45, 7) is 0. The van der Waals surface area contributed by atoms with E-state index in [1.54, 1.807) is 6.07 Å². The number of pyridine rings is 1. The molecule has 31 heavy (non-hydrogen) atoms. The molecule has 154 valence electrons. The Morgan fingerprint density at radius 1 is 1.16 bits per heavy atom. The highest BCUT2D eigenvalue weighted by atomic mass is 35.5. The number of carbonyl (C=O) groups is 3. The lowest BCUT2D eigenvalue weighted by Crippen LogP contribution is -2.54. The van der Waals surface area contributed by atoms with Crippen LogP contribution in [0.3, 0.4) is 0 Å². The monoisotopic (exact) mass is 438 g/mol. The van der Waals surface area contributed by atoms with E-state index in [-0.39, 0.29) is 33.5 Å². The fourth-order valence-corrected chi connectivity index (χ4v) is 3.10. The summed E-state index contributed by atoms with van der Waals surface area (Å²) in [4.78, 5) is 52.3. The second-order valence-electron chi connectivity index (χ2n) is 6.29. The zero-order valence-electron chi connectivity index (χ0n) is 15.4. The summed E-state index contributed by atoms with van der Waals surface area (Å²) in [5.74, 6) is -1.33. The number of anilines is 1. The predicted molar refractivity (Wildman–Crippen MR) is 109 cm³/mol. The third-order valence-electron chi connectivity index (χ3n) is 4.35. The minimum Gasteiger partial charge on any atom is -0.457 e. The molecule has 1 aromatic carbocycles. The van der Waals surface area contributed by atoms with Gasteiger partial charge in [-0.2, -0.15) is 0 Å². The Morgan fingerprint density at radius 3 is 2.68 bits per heavy atom. The molecule has 0 saturated carbocycles. The maximum Gasteiger partial charge on any atom is 0.336 e. The van der Waals surface area contributed by atoms with Crippen LogP contribution in [0.2, 0.25) is 5.02 Å². The molecule has 10 nitrogen and oxygen atoms in total. The number of urea groups is 1. The van der Waals surface area contributed by atoms with Crippen LogP contribution in [-0.4, -0.2) is 27.8 Å². The largest absolute Gasteiger partial charge is 0.457 e. The topological polar surface area (TPSA) is 136 Å². The van der Waals surface area contributed by atoms with Gasteiger partial charge in [0.05, 0.1) is 16.8 Å². The second-order valence-corrected chi connectivity index (χ2v) is 6.70. The van der Waals surface area contributed by atoms with E-state index in [0.29, 0.717) is 5.56 Å². The number of barbiturate groups is 1. The molecule has 3 aromatic rings. The van der Waals surface area contributed by atoms with Gasteiger partial charge < -0.3 is 4.42 Å². The lowest BCUT2D eigenvalue weighted by molar-refractivity contribution is -0.384. The number of hydrogen-bond donors (Lipinski definition) is 1. The number of hydrogen-bond acceptors (Lipinski definition) is 7. The van der Waals surface area contributed by atoms with Crippen LogP contribution in [0, 0.1) is 10.1 Å². The molecule has 1 saturated heterocycles. The minimum absolute atomic E-state index is 0.0210. The van der Waals surface area contributed by atoms with Gasteiger partial charge in [-0.05, 0) is 42.5 Å². The first-order valence-electron chi connectivity index (χ1n) is 8.71. The molecule has 2 aromatic heterocycles. The zero-order chi connectivity index (χ0) is 22.1. The van der Waals surface area contributed by atoms with Gasteiger partial charge in [0.15, 0.2) is 0 Å². The van der Waals surface area contributed by atoms with Crippen molar-refractivity contribution in [2.45, 2.75) is 0 Å². The summed E-state index contributed by atoms with van der Waals surface area (Å²) >= 11 is 5.82. The van der Waals surface area contributed by atoms with Crippen LogP contribution in [-0.2, 0) is 9.59 Å². The number of aromatic nitrogens is 1. The molecule has 1 fully saturated rings. The minimum atomic E-state index is -0.895. The summed E-state index contributed by atoms with van der Waals surface area (Å²) in [5, 5.41) is 13.2. The van der Waals surface area contributed by atoms with Crippen molar-refractivity contribution in [1.82, 2.24) is 10.3 Å². The van der Waals surface area contributed by atoms with E-state index in [9.17, 15) is 24.5 Å². The van der Waals surface area contributed by atoms with Gasteiger partial charge in [0.2, 0.25) is 0 Å². The summed E-state index contributed by atoms with van der Waals surface area (Å²) < 4.78 is 5.62. The van der Waals surface area contributed by atoms with Crippen molar-refractivity contribution in [2.75, 3.05) is 4.90 Å². The van der Waals surface area contributed by atoms with Crippen molar-refractivity contribution in [3.05, 3.63) is 81.3 Å². The van der Waals surface area contributed by atoms with Crippen molar-refractivity contribution in [2.24, 2.45) is 0 Å². The highest BCUT2D eigenvalue weighted by Crippen LogP contribution is 2.32. The molecule has 1 N–H and O–H groups in total. The molecule has 0 unspecified atom stereocenters. The standard InChI is InChI=1S/C20H11ClN4O6/c21-15-5-3-11(8-16(15)25(29)30)17-6-4-13(31-17)9-14-18(26)23-20(28)24(19(14)27)12-2-1-7-22-10-12/h1-10H,(H,23,26,28)/b14-9-. The number of nitro benzene ring substituents is 1. The van der Waals surface area contributed by atoms with Crippen LogP contribution in [0.25, 0.3) is 17.4 Å². The number of benzene rings is 1. The van der Waals surface area contributed by atoms with Crippen molar-refractivity contribution < 1.29 is 23.7 Å². The summed E-state index contributed by atoms with van der Waals surface area (Å²) in [7, 11) is 0. The van der Waals surface area contributed by atoms with Crippen molar-refractivity contribution in [3.8, 4) is 11.3 Å². The number of imide groups is 2. The molecular weight excluding hydrogens is 428 g/mol. The molecule has 4 rings (SSSR count). The van der Waals surface area contributed by atoms with Gasteiger partial charge in [-0.3, -0.25) is 30.0 Å². The number of nitrogens with one attached hydrogen (secondary N) is 1. The van der Waals surface area contributed by atoms with Gasteiger partial charge in [0.1, 0.15) is 22.1 Å². The highest BCUT2D eigenvalue weighted by Gasteiger charge is 2.37. The number of carbonyl (C=O) groups excluding carboxylic acids is 3. The quantitative estimate of drug-likeness (QED) is 0.284. The van der Waals surface area contributed by atoms with Crippen molar-refractivity contribution >= 4 is 46.9 Å². The lowest BCUT2D eigenvalue weighted by Gasteiger charge is -2.25. The Labute approximate surface area is 178 Å². The summed E-state index contributed by atoms with van der Waals surface area (Å²) in [6, 6.07) is 9.30. The number of furan rings is 1. The van der Waals surface area contributed by atoms with Gasteiger partial charge >= 0.3 is 6.03 Å². The molecule has 0 atom stereocenters. The van der Waals surface area contributed by atoms with E-state index in [2.05, 4.69) is 10.3 Å². The number of nitrogens with zero attached hydrogens (tertiary/aromatic N) is 3. The van der Waals surface area contributed by atoms with Gasteiger partial charge in [-0.15, -0.1) is 0 Å². The predicted octanol–water partition coefficient (Wildman–Crippen LogP) is 3.57. The second kappa shape index (κ2) is 7.84. The van der Waals surface area contributed by atoms with Crippen LogP contribution >= 0.6 is 11.6 Å². The van der Waals surface area contributed by atoms with Gasteiger partial charge in [-0.1, -0.05) is 11.6 Å². The Bertz CT molecular complexity index is 1270. The molecule has 11 heteroatoms. The van der Waals surface area contributed by atoms with Crippen LogP contribution in [0.5, 0.6) is 0 Å². The Morgan fingerprint density at radius 2 is 1.97 bits per heavy atom. The van der Waals surface area contributed by atoms with E-state index < -0.39 is 22.8 Å². The molecule has 1 aliphatic heterocycles. The molecule has 0 spiro atoms. The smallest absolute Gasteiger partial charge is 0.336 e. The first-order valence-corrected chi connectivity index (χ1v) is 9.08. The van der Waals surface area contributed by atoms with Gasteiger partial charge in [0.25, 0.3) is 17.5 Å². The summed E-state index contributed by atoms with van der Waals surface area (Å²) in [5.41, 5.74) is -0.0429. The molecular formula is C20H11ClN4O6. The van der Waals surface area contributed by atoms with Crippen molar-refractivity contribution in [3.63, 3.8) is 0 Å². The fourth-order valence-electron chi connectivity index (χ4n) is 2.91. The number of halogens is 1. The van der Waals surface area contributed by atoms with Crippen LogP contribution in [0.1, 0.15) is 5.76 Å². The fraction of sp³-hybridized carbons (Fsp3) is 0. The maximum atomic E-state index is 12.8. The van der Waals surface area contributed by atoms with Crippen LogP contribution in [0.15, 0.2) is 64.8 Å². The summed E-state index contributed by atoms with van der Waals surface area (Å²) in [6.07, 6.45) is 3.97. The number of amides is 4. The maximum absolute atomic E-state index is 12.8. The molecule has 3 heterocycles. The Hall–Kier alpha value is -4.31. The lowest BCUT2D eigenvalue weighted by atomic mass is 10.1. The first-order chi connectivity index (χ1) is 14.8. The average Bonchev–Trinajstić information content (AvgIpc) is 3.20. The van der Waals surface area contributed by atoms with E-state index in [0.717, 1.165) is 4.90 Å². The third-order valence-corrected chi connectivity index (χ3v) is 4.67. The van der Waals surface area contributed by atoms with Gasteiger partial charge in [0, 0.05) is 17.8 Å². The normalized spacial score (nSPS) is 15.3. The Kier molecular flexibility index (Phi) is 5.05. The number of nitro groups is 1. The van der Waals surface area contributed by atoms with Crippen molar-refractivity contribution in [1.29, 1.82) is 0 Å². The molecule has 1 aliphatic rings. The molecule has 0 radical (unpaired) electrons. The van der Waals surface area contributed by atoms with E-state index in [1.165, 1.54) is 54.9 Å². The van der Waals surface area contributed by atoms with Crippen LogP contribution in [0.4, 0.5) is 16.2 Å². The number of rotatable bonds is 4. The highest BCUT2D eigenvalue weighted by molar-refractivity contribution is 6.39. The zero-order valence-corrected chi connectivity index (χ0v) is 16.2. The SMILES string of the molecule is O=C1NC(=O)N(c2cccnc2)C(=O)/C1=C\c1ccc(-c2ccc(Cl)c([N+](=O)[O-])c2)o1. The van der Waals surface area contributed by atoms with Crippen LogP contribution < -0.4 is 10.2 Å². The Balaban J connectivity index is 1.67. The molecule has 0 aliphatic carbocycles.